The number of benzene rings is 1. The summed E-state index contributed by atoms with van der Waals surface area (Å²) < 4.78 is 27.6. The Morgan fingerprint density at radius 3 is 2.38 bits per heavy atom. The molecule has 0 spiro atoms. The molecule has 0 aromatic heterocycles. The fourth-order valence-electron chi connectivity index (χ4n) is 3.36. The lowest BCUT2D eigenvalue weighted by molar-refractivity contribution is -0.271. The zero-order valence-corrected chi connectivity index (χ0v) is 22.8. The number of aliphatic hydroxyl groups excluding tert-OH is 3. The summed E-state index contributed by atoms with van der Waals surface area (Å²) in [5.74, 6) is -0.905. The van der Waals surface area contributed by atoms with E-state index in [1.54, 1.807) is 31.4 Å². The lowest BCUT2D eigenvalue weighted by atomic mass is 9.99. The lowest BCUT2D eigenvalue weighted by Crippen LogP contribution is -2.61. The first-order valence-electron chi connectivity index (χ1n) is 12.2. The number of carboxylic acids is 1. The summed E-state index contributed by atoms with van der Waals surface area (Å²) in [5, 5.41) is 42.5. The van der Waals surface area contributed by atoms with Gasteiger partial charge < -0.3 is 44.9 Å². The maximum atomic E-state index is 12.4. The standard InChI is InChI=1S/C22H34N2O10S.C2H6/c1-4-23-11-14-10-13(12-32-22(30)24(5-2)8-9-35(3)31)6-7-15(14)33-21-18(27)16(25)17(26)19(34-21)20(28)29;1-2/h6-7,10,16-19,21,23,25-27H,4-5,8-9,11-12H2,1-3H3,(H,28,29);1-2H3. The van der Waals surface area contributed by atoms with Gasteiger partial charge in [0.1, 0.15) is 30.7 Å². The number of hydrogen-bond acceptors (Lipinski definition) is 10. The second-order valence-electron chi connectivity index (χ2n) is 7.99. The van der Waals surface area contributed by atoms with Crippen molar-refractivity contribution in [2.75, 3.05) is 31.6 Å². The van der Waals surface area contributed by atoms with Gasteiger partial charge in [-0.2, -0.15) is 0 Å². The van der Waals surface area contributed by atoms with Gasteiger partial charge in [-0.15, -0.1) is 0 Å². The van der Waals surface area contributed by atoms with Crippen LogP contribution in [0.25, 0.3) is 0 Å². The molecule has 0 radical (unpaired) electrons. The van der Waals surface area contributed by atoms with Crippen LogP contribution in [0.4, 0.5) is 4.79 Å². The highest BCUT2D eigenvalue weighted by atomic mass is 32.2. The molecule has 13 heteroatoms. The van der Waals surface area contributed by atoms with Crippen molar-refractivity contribution >= 4 is 22.9 Å². The van der Waals surface area contributed by atoms with Crippen LogP contribution in [0.3, 0.4) is 0 Å². The Morgan fingerprint density at radius 2 is 1.81 bits per heavy atom. The van der Waals surface area contributed by atoms with E-state index in [1.807, 2.05) is 20.8 Å². The number of nitrogens with one attached hydrogen (secondary N) is 1. The Labute approximate surface area is 220 Å². The Hall–Kier alpha value is -2.29. The van der Waals surface area contributed by atoms with Crippen LogP contribution in [0.15, 0.2) is 18.2 Å². The minimum absolute atomic E-state index is 0.0293. The van der Waals surface area contributed by atoms with Crippen LogP contribution in [-0.4, -0.2) is 104 Å². The number of carbonyl (C=O) groups excluding carboxylic acids is 1. The number of rotatable bonds is 12. The quantitative estimate of drug-likeness (QED) is 0.245. The molecule has 1 aromatic rings. The van der Waals surface area contributed by atoms with Gasteiger partial charge in [0.15, 0.2) is 6.10 Å². The average Bonchev–Trinajstić information content (AvgIpc) is 2.88. The maximum Gasteiger partial charge on any atom is 0.410 e. The number of aliphatic carboxylic acids is 1. The van der Waals surface area contributed by atoms with Gasteiger partial charge in [-0.05, 0) is 31.2 Å². The molecule has 1 aliphatic rings. The molecule has 1 aromatic carbocycles. The number of aliphatic hydroxyl groups is 3. The molecule has 1 aliphatic heterocycles. The second-order valence-corrected chi connectivity index (χ2v) is 9.54. The summed E-state index contributed by atoms with van der Waals surface area (Å²) in [6.45, 7) is 9.38. The van der Waals surface area contributed by atoms with Crippen LogP contribution in [0.2, 0.25) is 0 Å². The summed E-state index contributed by atoms with van der Waals surface area (Å²) in [6.07, 6.45) is -7.57. The molecule has 5 N–H and O–H groups in total. The highest BCUT2D eigenvalue weighted by Gasteiger charge is 2.48. The van der Waals surface area contributed by atoms with E-state index in [0.29, 0.717) is 43.1 Å². The zero-order chi connectivity index (χ0) is 28.1. The fourth-order valence-corrected chi connectivity index (χ4v) is 3.84. The van der Waals surface area contributed by atoms with Gasteiger partial charge in [-0.1, -0.05) is 26.8 Å². The summed E-state index contributed by atoms with van der Waals surface area (Å²) >= 11 is 0. The fraction of sp³-hybridized carbons (Fsp3) is 0.667. The second kappa shape index (κ2) is 16.5. The monoisotopic (exact) mass is 548 g/mol. The van der Waals surface area contributed by atoms with Crippen molar-refractivity contribution < 1.29 is 48.4 Å². The van der Waals surface area contributed by atoms with Gasteiger partial charge in [0.25, 0.3) is 0 Å². The van der Waals surface area contributed by atoms with Crippen LogP contribution < -0.4 is 10.1 Å². The van der Waals surface area contributed by atoms with Crippen LogP contribution in [0.5, 0.6) is 5.75 Å². The van der Waals surface area contributed by atoms with Crippen molar-refractivity contribution in [3.63, 3.8) is 0 Å². The molecule has 2 rings (SSSR count). The van der Waals surface area contributed by atoms with Gasteiger partial charge in [-0.25, -0.2) is 9.59 Å². The van der Waals surface area contributed by atoms with Gasteiger partial charge in [-0.3, -0.25) is 4.21 Å². The van der Waals surface area contributed by atoms with Crippen molar-refractivity contribution in [2.45, 2.75) is 71.6 Å². The molecular weight excluding hydrogens is 508 g/mol. The molecule has 6 unspecified atom stereocenters. The molecule has 6 atom stereocenters. The first-order valence-corrected chi connectivity index (χ1v) is 13.9. The summed E-state index contributed by atoms with van der Waals surface area (Å²) in [5.41, 5.74) is 1.26. The number of ether oxygens (including phenoxy) is 3. The summed E-state index contributed by atoms with van der Waals surface area (Å²) in [7, 11) is -1.03. The Kier molecular flexibility index (Phi) is 14.6. The minimum atomic E-state index is -1.82. The maximum absolute atomic E-state index is 12.4. The third kappa shape index (κ3) is 9.83. The largest absolute Gasteiger partial charge is 0.479 e. The predicted molar refractivity (Wildman–Crippen MR) is 136 cm³/mol. The smallest absolute Gasteiger partial charge is 0.410 e. The first kappa shape index (κ1) is 32.7. The SMILES string of the molecule is CC.CCNCc1cc(COC(=O)N(CC)CCS(C)=O)ccc1OC1OC(C(=O)O)C(O)C(O)C1O. The van der Waals surface area contributed by atoms with Gasteiger partial charge in [0, 0.05) is 48.0 Å². The van der Waals surface area contributed by atoms with Crippen LogP contribution >= 0.6 is 0 Å². The van der Waals surface area contributed by atoms with Crippen LogP contribution in [0.1, 0.15) is 38.8 Å². The zero-order valence-electron chi connectivity index (χ0n) is 22.0. The van der Waals surface area contributed by atoms with Crippen molar-refractivity contribution in [3.8, 4) is 5.75 Å². The molecule has 0 aliphatic carbocycles. The highest BCUT2D eigenvalue weighted by molar-refractivity contribution is 7.84. The molecule has 0 saturated carbocycles. The van der Waals surface area contributed by atoms with E-state index < -0.39 is 53.6 Å². The third-order valence-electron chi connectivity index (χ3n) is 5.40. The topological polar surface area (TPSA) is 175 Å². The van der Waals surface area contributed by atoms with E-state index >= 15 is 0 Å². The number of nitrogens with zero attached hydrogens (tertiary/aromatic N) is 1. The number of amides is 1. The number of hydrogen-bond donors (Lipinski definition) is 5. The van der Waals surface area contributed by atoms with Gasteiger partial charge in [0.05, 0.1) is 0 Å². The van der Waals surface area contributed by atoms with E-state index in [-0.39, 0.29) is 12.4 Å². The molecular formula is C24H40N2O10S. The van der Waals surface area contributed by atoms with Gasteiger partial charge >= 0.3 is 12.1 Å². The normalized spacial score (nSPS) is 23.8. The minimum Gasteiger partial charge on any atom is -0.479 e. The number of carboxylic acid groups (broad SMARTS) is 1. The summed E-state index contributed by atoms with van der Waals surface area (Å²) in [4.78, 5) is 25.1. The van der Waals surface area contributed by atoms with Gasteiger partial charge in [0.2, 0.25) is 6.29 Å². The van der Waals surface area contributed by atoms with E-state index in [1.165, 1.54) is 4.90 Å². The molecule has 37 heavy (non-hydrogen) atoms. The average molecular weight is 549 g/mol. The molecule has 12 nitrogen and oxygen atoms in total. The van der Waals surface area contributed by atoms with Crippen molar-refractivity contribution in [1.82, 2.24) is 10.2 Å². The van der Waals surface area contributed by atoms with E-state index in [4.69, 9.17) is 14.2 Å². The predicted octanol–water partition coefficient (Wildman–Crippen LogP) is 0.430. The molecule has 1 fully saturated rings. The third-order valence-corrected chi connectivity index (χ3v) is 6.15. The summed E-state index contributed by atoms with van der Waals surface area (Å²) in [6, 6.07) is 4.90. The van der Waals surface area contributed by atoms with E-state index in [9.17, 15) is 34.2 Å². The van der Waals surface area contributed by atoms with Crippen molar-refractivity contribution in [1.29, 1.82) is 0 Å². The lowest BCUT2D eigenvalue weighted by Gasteiger charge is -2.38. The molecule has 1 saturated heterocycles. The molecule has 0 bridgehead atoms. The molecule has 1 amide bonds. The van der Waals surface area contributed by atoms with E-state index in [2.05, 4.69) is 5.32 Å². The van der Waals surface area contributed by atoms with Crippen LogP contribution in [0, 0.1) is 0 Å². The Morgan fingerprint density at radius 1 is 1.14 bits per heavy atom. The number of carbonyl (C=O) groups is 2. The molecule has 212 valence electrons. The first-order chi connectivity index (χ1) is 17.6. The molecule has 1 heterocycles. The van der Waals surface area contributed by atoms with Crippen LogP contribution in [-0.2, 0) is 38.2 Å². The Bertz CT molecular complexity index is 887. The Balaban J connectivity index is 0.00000334. The van der Waals surface area contributed by atoms with Crippen molar-refractivity contribution in [3.05, 3.63) is 29.3 Å². The van der Waals surface area contributed by atoms with Crippen molar-refractivity contribution in [2.24, 2.45) is 0 Å². The highest BCUT2D eigenvalue weighted by Crippen LogP contribution is 2.28. The van der Waals surface area contributed by atoms with E-state index in [0.717, 1.165) is 0 Å².